The second-order valence-corrected chi connectivity index (χ2v) is 4.15. The van der Waals surface area contributed by atoms with E-state index in [4.69, 9.17) is 0 Å². The SMILES string of the molecule is O=C1CCNCC1CC1CCC1. The Hall–Kier alpha value is -0.370. The number of carbonyl (C=O) groups is 1. The molecule has 0 amide bonds. The van der Waals surface area contributed by atoms with E-state index < -0.39 is 0 Å². The van der Waals surface area contributed by atoms with Crippen molar-refractivity contribution in [2.75, 3.05) is 13.1 Å². The third-order valence-electron chi connectivity index (χ3n) is 3.24. The van der Waals surface area contributed by atoms with Gasteiger partial charge < -0.3 is 5.32 Å². The Morgan fingerprint density at radius 2 is 2.25 bits per heavy atom. The van der Waals surface area contributed by atoms with E-state index in [0.29, 0.717) is 11.7 Å². The minimum Gasteiger partial charge on any atom is -0.316 e. The number of hydrogen-bond acceptors (Lipinski definition) is 2. The van der Waals surface area contributed by atoms with E-state index in [1.807, 2.05) is 0 Å². The predicted octanol–water partition coefficient (Wildman–Crippen LogP) is 1.36. The molecule has 1 N–H and O–H groups in total. The molecule has 1 atom stereocenters. The van der Waals surface area contributed by atoms with Gasteiger partial charge in [-0.15, -0.1) is 0 Å². The van der Waals surface area contributed by atoms with Gasteiger partial charge in [0.2, 0.25) is 0 Å². The number of carbonyl (C=O) groups excluding carboxylic acids is 1. The molecular formula is C10H17NO. The van der Waals surface area contributed by atoms with Gasteiger partial charge in [0.25, 0.3) is 0 Å². The highest BCUT2D eigenvalue weighted by Crippen LogP contribution is 2.32. The summed E-state index contributed by atoms with van der Waals surface area (Å²) >= 11 is 0. The van der Waals surface area contributed by atoms with Crippen molar-refractivity contribution >= 4 is 5.78 Å². The van der Waals surface area contributed by atoms with Gasteiger partial charge in [-0.2, -0.15) is 0 Å². The maximum absolute atomic E-state index is 11.4. The van der Waals surface area contributed by atoms with Crippen LogP contribution >= 0.6 is 0 Å². The van der Waals surface area contributed by atoms with Gasteiger partial charge in [-0.1, -0.05) is 19.3 Å². The largest absolute Gasteiger partial charge is 0.316 e. The molecule has 12 heavy (non-hydrogen) atoms. The molecule has 0 spiro atoms. The lowest BCUT2D eigenvalue weighted by atomic mass is 9.77. The van der Waals surface area contributed by atoms with Crippen LogP contribution in [0.15, 0.2) is 0 Å². The van der Waals surface area contributed by atoms with Crippen LogP contribution in [0.2, 0.25) is 0 Å². The summed E-state index contributed by atoms with van der Waals surface area (Å²) in [4.78, 5) is 11.4. The predicted molar refractivity (Wildman–Crippen MR) is 47.9 cm³/mol. The first-order valence-electron chi connectivity index (χ1n) is 5.09. The number of hydrogen-bond donors (Lipinski definition) is 1. The van der Waals surface area contributed by atoms with Gasteiger partial charge >= 0.3 is 0 Å². The van der Waals surface area contributed by atoms with E-state index in [1.165, 1.54) is 19.3 Å². The molecule has 0 aromatic rings. The molecule has 2 fully saturated rings. The normalized spacial score (nSPS) is 31.7. The molecule has 1 saturated carbocycles. The fourth-order valence-electron chi connectivity index (χ4n) is 2.15. The van der Waals surface area contributed by atoms with Gasteiger partial charge in [0.1, 0.15) is 5.78 Å². The van der Waals surface area contributed by atoms with Crippen LogP contribution in [0.25, 0.3) is 0 Å². The van der Waals surface area contributed by atoms with Crippen molar-refractivity contribution in [1.82, 2.24) is 5.32 Å². The second kappa shape index (κ2) is 3.56. The zero-order valence-corrected chi connectivity index (χ0v) is 7.51. The van der Waals surface area contributed by atoms with Crippen molar-refractivity contribution in [3.05, 3.63) is 0 Å². The van der Waals surface area contributed by atoms with Crippen LogP contribution in [0.3, 0.4) is 0 Å². The lowest BCUT2D eigenvalue weighted by Gasteiger charge is -2.31. The van der Waals surface area contributed by atoms with Crippen LogP contribution in [-0.2, 0) is 4.79 Å². The quantitative estimate of drug-likeness (QED) is 0.672. The standard InChI is InChI=1S/C10H17NO/c12-10-4-5-11-7-9(10)6-8-2-1-3-8/h8-9,11H,1-7H2. The molecule has 2 heteroatoms. The van der Waals surface area contributed by atoms with Crippen LogP contribution in [0, 0.1) is 11.8 Å². The lowest BCUT2D eigenvalue weighted by Crippen LogP contribution is -2.38. The molecule has 2 aliphatic rings. The molecule has 2 nitrogen and oxygen atoms in total. The smallest absolute Gasteiger partial charge is 0.138 e. The number of Topliss-reactive ketones (excluding diaryl/α,β-unsaturated/α-hetero) is 1. The topological polar surface area (TPSA) is 29.1 Å². The third kappa shape index (κ3) is 1.69. The summed E-state index contributed by atoms with van der Waals surface area (Å²) in [5.41, 5.74) is 0. The summed E-state index contributed by atoms with van der Waals surface area (Å²) in [7, 11) is 0. The van der Waals surface area contributed by atoms with E-state index in [0.717, 1.165) is 31.8 Å². The molecule has 1 aliphatic carbocycles. The van der Waals surface area contributed by atoms with E-state index in [9.17, 15) is 4.79 Å². The van der Waals surface area contributed by atoms with Crippen molar-refractivity contribution in [2.24, 2.45) is 11.8 Å². The van der Waals surface area contributed by atoms with E-state index >= 15 is 0 Å². The van der Waals surface area contributed by atoms with E-state index in [2.05, 4.69) is 5.32 Å². The third-order valence-corrected chi connectivity index (χ3v) is 3.24. The Bertz CT molecular complexity index is 175. The zero-order chi connectivity index (χ0) is 8.39. The van der Waals surface area contributed by atoms with E-state index in [1.54, 1.807) is 0 Å². The highest BCUT2D eigenvalue weighted by molar-refractivity contribution is 5.82. The first kappa shape index (κ1) is 8.24. The summed E-state index contributed by atoms with van der Waals surface area (Å²) in [6.07, 6.45) is 6.04. The van der Waals surface area contributed by atoms with Crippen molar-refractivity contribution < 1.29 is 4.79 Å². The molecule has 0 radical (unpaired) electrons. The van der Waals surface area contributed by atoms with Gasteiger partial charge in [0.05, 0.1) is 0 Å². The molecule has 0 aromatic carbocycles. The molecule has 1 heterocycles. The Labute approximate surface area is 73.7 Å². The molecule has 68 valence electrons. The fraction of sp³-hybridized carbons (Fsp3) is 0.900. The highest BCUT2D eigenvalue weighted by Gasteiger charge is 2.27. The Balaban J connectivity index is 1.80. The fourth-order valence-corrected chi connectivity index (χ4v) is 2.15. The lowest BCUT2D eigenvalue weighted by molar-refractivity contribution is -0.124. The van der Waals surface area contributed by atoms with Crippen molar-refractivity contribution in [2.45, 2.75) is 32.1 Å². The molecule has 1 unspecified atom stereocenters. The second-order valence-electron chi connectivity index (χ2n) is 4.15. The first-order chi connectivity index (χ1) is 5.86. The first-order valence-corrected chi connectivity index (χ1v) is 5.09. The van der Waals surface area contributed by atoms with Crippen LogP contribution in [-0.4, -0.2) is 18.9 Å². The maximum Gasteiger partial charge on any atom is 0.138 e. The Morgan fingerprint density at radius 1 is 1.42 bits per heavy atom. The van der Waals surface area contributed by atoms with Crippen molar-refractivity contribution in [1.29, 1.82) is 0 Å². The Kier molecular flexibility index (Phi) is 2.45. The molecule has 1 aliphatic heterocycles. The molecule has 0 bridgehead atoms. The highest BCUT2D eigenvalue weighted by atomic mass is 16.1. The van der Waals surface area contributed by atoms with Gasteiger partial charge in [0, 0.05) is 25.4 Å². The monoisotopic (exact) mass is 167 g/mol. The molecule has 0 aromatic heterocycles. The molecule has 2 rings (SSSR count). The van der Waals surface area contributed by atoms with Crippen LogP contribution in [0.1, 0.15) is 32.1 Å². The number of ketones is 1. The Morgan fingerprint density at radius 3 is 2.83 bits per heavy atom. The van der Waals surface area contributed by atoms with Crippen LogP contribution < -0.4 is 5.32 Å². The summed E-state index contributed by atoms with van der Waals surface area (Å²) in [6.45, 7) is 1.84. The minimum atomic E-state index is 0.351. The minimum absolute atomic E-state index is 0.351. The van der Waals surface area contributed by atoms with Crippen molar-refractivity contribution in [3.8, 4) is 0 Å². The van der Waals surface area contributed by atoms with Gasteiger partial charge in [-0.3, -0.25) is 4.79 Å². The van der Waals surface area contributed by atoms with Crippen molar-refractivity contribution in [3.63, 3.8) is 0 Å². The summed E-state index contributed by atoms with van der Waals surface area (Å²) in [5.74, 6) is 1.73. The van der Waals surface area contributed by atoms with E-state index in [-0.39, 0.29) is 0 Å². The molecule has 1 saturated heterocycles. The van der Waals surface area contributed by atoms with Gasteiger partial charge in [-0.25, -0.2) is 0 Å². The van der Waals surface area contributed by atoms with Gasteiger partial charge in [-0.05, 0) is 12.3 Å². The van der Waals surface area contributed by atoms with Gasteiger partial charge in [0.15, 0.2) is 0 Å². The maximum atomic E-state index is 11.4. The van der Waals surface area contributed by atoms with Crippen LogP contribution in [0.5, 0.6) is 0 Å². The molecular weight excluding hydrogens is 150 g/mol. The summed E-state index contributed by atoms with van der Waals surface area (Å²) < 4.78 is 0. The average Bonchev–Trinajstić information content (AvgIpc) is 2.00. The zero-order valence-electron chi connectivity index (χ0n) is 7.51. The van der Waals surface area contributed by atoms with Crippen LogP contribution in [0.4, 0.5) is 0 Å². The summed E-state index contributed by atoms with van der Waals surface area (Å²) in [5, 5.41) is 3.30. The average molecular weight is 167 g/mol. The number of rotatable bonds is 2. The summed E-state index contributed by atoms with van der Waals surface area (Å²) in [6, 6.07) is 0. The number of piperidine rings is 1. The number of nitrogens with one attached hydrogen (secondary N) is 1.